The van der Waals surface area contributed by atoms with Crippen molar-refractivity contribution in [2.45, 2.75) is 6.42 Å². The topological polar surface area (TPSA) is 62.7 Å². The lowest BCUT2D eigenvalue weighted by molar-refractivity contribution is 0.0946. The van der Waals surface area contributed by atoms with Gasteiger partial charge in [-0.25, -0.2) is 0 Å². The standard InChI is InChI=1S/C24H20N4O/c29-24-21-16-23(27-22(21)9-11-26-24)18-8-10-25-19(15-18)7-6-17-4-3-5-20(14-17)28-12-1-2-13-28/h1-8,10,12-16,27H,9,11H2,(H,26,29). The van der Waals surface area contributed by atoms with Crippen LogP contribution in [0.4, 0.5) is 0 Å². The first-order chi connectivity index (χ1) is 14.3. The Kier molecular flexibility index (Phi) is 4.33. The van der Waals surface area contributed by atoms with Crippen molar-refractivity contribution in [1.82, 2.24) is 19.9 Å². The summed E-state index contributed by atoms with van der Waals surface area (Å²) in [6.45, 7) is 0.679. The molecule has 5 rings (SSSR count). The number of carbonyl (C=O) groups excluding carboxylic acids is 1. The van der Waals surface area contributed by atoms with Gasteiger partial charge in [-0.05, 0) is 54.1 Å². The van der Waals surface area contributed by atoms with Gasteiger partial charge in [0.05, 0.1) is 11.3 Å². The van der Waals surface area contributed by atoms with E-state index in [2.05, 4.69) is 44.1 Å². The molecule has 1 amide bonds. The minimum Gasteiger partial charge on any atom is -0.358 e. The van der Waals surface area contributed by atoms with E-state index < -0.39 is 0 Å². The van der Waals surface area contributed by atoms with E-state index in [-0.39, 0.29) is 5.91 Å². The molecule has 2 N–H and O–H groups in total. The summed E-state index contributed by atoms with van der Waals surface area (Å²) in [4.78, 5) is 19.9. The average Bonchev–Trinajstić information content (AvgIpc) is 3.44. The molecule has 4 aromatic rings. The van der Waals surface area contributed by atoms with Gasteiger partial charge in [0.15, 0.2) is 0 Å². The molecule has 29 heavy (non-hydrogen) atoms. The second-order valence-electron chi connectivity index (χ2n) is 7.07. The van der Waals surface area contributed by atoms with Crippen LogP contribution in [0.2, 0.25) is 0 Å². The van der Waals surface area contributed by atoms with Gasteiger partial charge in [0, 0.05) is 54.2 Å². The van der Waals surface area contributed by atoms with Crippen LogP contribution in [0.5, 0.6) is 0 Å². The molecule has 0 saturated heterocycles. The van der Waals surface area contributed by atoms with Crippen molar-refractivity contribution in [3.63, 3.8) is 0 Å². The number of H-pyrrole nitrogens is 1. The lowest BCUT2D eigenvalue weighted by atomic mass is 10.1. The maximum absolute atomic E-state index is 12.0. The Morgan fingerprint density at radius 3 is 2.76 bits per heavy atom. The second-order valence-corrected chi connectivity index (χ2v) is 7.07. The van der Waals surface area contributed by atoms with Gasteiger partial charge in [-0.2, -0.15) is 0 Å². The Balaban J connectivity index is 1.41. The lowest BCUT2D eigenvalue weighted by Crippen LogP contribution is -2.31. The highest BCUT2D eigenvalue weighted by Gasteiger charge is 2.19. The number of aromatic amines is 1. The third kappa shape index (κ3) is 3.50. The number of nitrogens with one attached hydrogen (secondary N) is 2. The monoisotopic (exact) mass is 380 g/mol. The maximum Gasteiger partial charge on any atom is 0.253 e. The number of pyridine rings is 1. The molecular weight excluding hydrogens is 360 g/mol. The molecular formula is C24H20N4O. The Morgan fingerprint density at radius 1 is 1.00 bits per heavy atom. The normalized spacial score (nSPS) is 13.4. The maximum atomic E-state index is 12.0. The molecule has 1 aliphatic heterocycles. The summed E-state index contributed by atoms with van der Waals surface area (Å²) in [5, 5.41) is 2.88. The predicted molar refractivity (Wildman–Crippen MR) is 115 cm³/mol. The van der Waals surface area contributed by atoms with Crippen molar-refractivity contribution < 1.29 is 4.79 Å². The summed E-state index contributed by atoms with van der Waals surface area (Å²) in [5.41, 5.74) is 6.79. The summed E-state index contributed by atoms with van der Waals surface area (Å²) < 4.78 is 2.08. The van der Waals surface area contributed by atoms with Crippen LogP contribution in [0.1, 0.15) is 27.3 Å². The molecule has 0 unspecified atom stereocenters. The van der Waals surface area contributed by atoms with Crippen LogP contribution < -0.4 is 5.32 Å². The SMILES string of the molecule is O=C1NCCc2[nH]c(-c3ccnc(C=Cc4cccc(-n5cccc5)c4)c3)cc21. The second kappa shape index (κ2) is 7.28. The molecule has 3 aromatic heterocycles. The van der Waals surface area contributed by atoms with E-state index in [4.69, 9.17) is 0 Å². The number of hydrogen-bond acceptors (Lipinski definition) is 2. The van der Waals surface area contributed by atoms with Gasteiger partial charge in [-0.3, -0.25) is 9.78 Å². The molecule has 0 spiro atoms. The number of nitrogens with zero attached hydrogens (tertiary/aromatic N) is 2. The minimum atomic E-state index is -0.00880. The van der Waals surface area contributed by atoms with E-state index in [1.54, 1.807) is 6.20 Å². The quantitative estimate of drug-likeness (QED) is 0.554. The van der Waals surface area contributed by atoms with Gasteiger partial charge >= 0.3 is 0 Å². The molecule has 0 bridgehead atoms. The molecule has 1 aliphatic rings. The van der Waals surface area contributed by atoms with E-state index in [9.17, 15) is 4.79 Å². The van der Waals surface area contributed by atoms with Gasteiger partial charge in [0.2, 0.25) is 0 Å². The highest BCUT2D eigenvalue weighted by atomic mass is 16.1. The van der Waals surface area contributed by atoms with Crippen molar-refractivity contribution in [3.05, 3.63) is 95.7 Å². The smallest absolute Gasteiger partial charge is 0.253 e. The molecule has 5 nitrogen and oxygen atoms in total. The molecule has 4 heterocycles. The van der Waals surface area contributed by atoms with Crippen molar-refractivity contribution in [2.24, 2.45) is 0 Å². The van der Waals surface area contributed by atoms with E-state index >= 15 is 0 Å². The molecule has 142 valence electrons. The third-order valence-corrected chi connectivity index (χ3v) is 5.12. The van der Waals surface area contributed by atoms with E-state index in [0.717, 1.165) is 45.9 Å². The van der Waals surface area contributed by atoms with Crippen molar-refractivity contribution in [1.29, 1.82) is 0 Å². The first-order valence-electron chi connectivity index (χ1n) is 9.64. The molecule has 0 aliphatic carbocycles. The average molecular weight is 380 g/mol. The van der Waals surface area contributed by atoms with E-state index in [0.29, 0.717) is 6.54 Å². The van der Waals surface area contributed by atoms with Crippen LogP contribution in [-0.4, -0.2) is 27.0 Å². The zero-order valence-corrected chi connectivity index (χ0v) is 15.8. The van der Waals surface area contributed by atoms with Crippen molar-refractivity contribution in [2.75, 3.05) is 6.54 Å². The van der Waals surface area contributed by atoms with Crippen LogP contribution >= 0.6 is 0 Å². The highest BCUT2D eigenvalue weighted by Crippen LogP contribution is 2.24. The zero-order valence-electron chi connectivity index (χ0n) is 15.8. The highest BCUT2D eigenvalue weighted by molar-refractivity contribution is 5.97. The van der Waals surface area contributed by atoms with Crippen LogP contribution in [0.25, 0.3) is 29.1 Å². The first-order valence-corrected chi connectivity index (χ1v) is 9.64. The van der Waals surface area contributed by atoms with Crippen molar-refractivity contribution in [3.8, 4) is 16.9 Å². The van der Waals surface area contributed by atoms with Gasteiger partial charge < -0.3 is 14.9 Å². The minimum absolute atomic E-state index is 0.00880. The molecule has 0 atom stereocenters. The number of fused-ring (bicyclic) bond motifs is 1. The van der Waals surface area contributed by atoms with Crippen LogP contribution in [0.15, 0.2) is 73.2 Å². The fourth-order valence-corrected chi connectivity index (χ4v) is 3.63. The summed E-state index contributed by atoms with van der Waals surface area (Å²) in [7, 11) is 0. The largest absolute Gasteiger partial charge is 0.358 e. The summed E-state index contributed by atoms with van der Waals surface area (Å²) in [5.74, 6) is -0.00880. The predicted octanol–water partition coefficient (Wildman–Crippen LogP) is 4.32. The molecule has 5 heteroatoms. The van der Waals surface area contributed by atoms with Crippen LogP contribution in [0, 0.1) is 0 Å². The lowest BCUT2D eigenvalue weighted by Gasteiger charge is -2.10. The van der Waals surface area contributed by atoms with Crippen molar-refractivity contribution >= 4 is 18.1 Å². The van der Waals surface area contributed by atoms with Crippen LogP contribution in [-0.2, 0) is 6.42 Å². The summed E-state index contributed by atoms with van der Waals surface area (Å²) >= 11 is 0. The number of amides is 1. The third-order valence-electron chi connectivity index (χ3n) is 5.12. The molecule has 0 radical (unpaired) electrons. The fraction of sp³-hybridized carbons (Fsp3) is 0.0833. The molecule has 0 saturated carbocycles. The van der Waals surface area contributed by atoms with Gasteiger partial charge in [0.25, 0.3) is 5.91 Å². The fourth-order valence-electron chi connectivity index (χ4n) is 3.63. The first kappa shape index (κ1) is 17.3. The molecule has 1 aromatic carbocycles. The summed E-state index contributed by atoms with van der Waals surface area (Å²) in [6, 6.07) is 18.3. The molecule has 0 fully saturated rings. The Bertz CT molecular complexity index is 1200. The number of aromatic nitrogens is 3. The van der Waals surface area contributed by atoms with Gasteiger partial charge in [0.1, 0.15) is 0 Å². The summed E-state index contributed by atoms with van der Waals surface area (Å²) in [6.07, 6.45) is 10.8. The Morgan fingerprint density at radius 2 is 1.90 bits per heavy atom. The Labute approximate surface area is 168 Å². The number of carbonyl (C=O) groups is 1. The van der Waals surface area contributed by atoms with E-state index in [1.165, 1.54) is 0 Å². The number of rotatable bonds is 4. The van der Waals surface area contributed by atoms with Gasteiger partial charge in [-0.15, -0.1) is 0 Å². The van der Waals surface area contributed by atoms with E-state index in [1.807, 2.05) is 54.9 Å². The van der Waals surface area contributed by atoms with Gasteiger partial charge in [-0.1, -0.05) is 18.2 Å². The zero-order chi connectivity index (χ0) is 19.6. The number of hydrogen-bond donors (Lipinski definition) is 2. The number of benzene rings is 1. The van der Waals surface area contributed by atoms with Crippen LogP contribution in [0.3, 0.4) is 0 Å². The Hall–Kier alpha value is -3.86.